The lowest BCUT2D eigenvalue weighted by atomic mass is 10.3. The van der Waals surface area contributed by atoms with Crippen molar-refractivity contribution >= 4 is 34.8 Å². The monoisotopic (exact) mass is 201 g/mol. The van der Waals surface area contributed by atoms with Gasteiger partial charge in [0.1, 0.15) is 6.10 Å². The quantitative estimate of drug-likeness (QED) is 0.644. The second kappa shape index (κ2) is 4.25. The van der Waals surface area contributed by atoms with Gasteiger partial charge < -0.3 is 4.74 Å². The highest BCUT2D eigenvalue weighted by Gasteiger charge is 2.32. The predicted octanol–water partition coefficient (Wildman–Crippen LogP) is 2.29. The van der Waals surface area contributed by atoms with Gasteiger partial charge in [-0.05, 0) is 0 Å². The lowest BCUT2D eigenvalue weighted by Gasteiger charge is -2.19. The van der Waals surface area contributed by atoms with E-state index in [1.165, 1.54) is 7.11 Å². The van der Waals surface area contributed by atoms with E-state index in [1.54, 1.807) is 0 Å². The Balaban J connectivity index is 3.97. The molecule has 0 heterocycles. The molecular weight excluding hydrogens is 196 g/mol. The average Bonchev–Trinajstić information content (AvgIpc) is 1.80. The molecular formula is C5H6Cl3NO. The van der Waals surface area contributed by atoms with Gasteiger partial charge in [-0.2, -0.15) is 5.26 Å². The molecule has 0 N–H and O–H groups in total. The Morgan fingerprint density at radius 1 is 1.60 bits per heavy atom. The zero-order valence-corrected chi connectivity index (χ0v) is 7.54. The summed E-state index contributed by atoms with van der Waals surface area (Å²) in [5, 5.41) is 8.23. The summed E-state index contributed by atoms with van der Waals surface area (Å²) in [6.45, 7) is 0. The van der Waals surface area contributed by atoms with Gasteiger partial charge in [0, 0.05) is 7.11 Å². The number of rotatable bonds is 2. The van der Waals surface area contributed by atoms with Gasteiger partial charge in [0.05, 0.1) is 12.5 Å². The summed E-state index contributed by atoms with van der Waals surface area (Å²) in [6, 6.07) is 1.85. The minimum absolute atomic E-state index is 0.0764. The van der Waals surface area contributed by atoms with Crippen LogP contribution in [0.3, 0.4) is 0 Å². The van der Waals surface area contributed by atoms with E-state index in [0.717, 1.165) is 0 Å². The fourth-order valence-electron chi connectivity index (χ4n) is 0.416. The standard InChI is InChI=1S/C5H6Cl3NO/c1-10-4(2-3-9)5(6,7)8/h4H,2H2,1H3. The van der Waals surface area contributed by atoms with Gasteiger partial charge in [0.2, 0.25) is 3.79 Å². The molecule has 0 aliphatic heterocycles. The van der Waals surface area contributed by atoms with Crippen LogP contribution in [0.1, 0.15) is 6.42 Å². The maximum atomic E-state index is 8.23. The Morgan fingerprint density at radius 2 is 2.10 bits per heavy atom. The summed E-state index contributed by atoms with van der Waals surface area (Å²) in [7, 11) is 1.39. The van der Waals surface area contributed by atoms with Crippen molar-refractivity contribution < 1.29 is 4.74 Å². The third-order valence-electron chi connectivity index (χ3n) is 0.926. The van der Waals surface area contributed by atoms with Crippen LogP contribution in [0.2, 0.25) is 0 Å². The van der Waals surface area contributed by atoms with Crippen LogP contribution in [0.5, 0.6) is 0 Å². The van der Waals surface area contributed by atoms with Crippen LogP contribution in [0, 0.1) is 11.3 Å². The first kappa shape index (κ1) is 10.3. The van der Waals surface area contributed by atoms with Crippen molar-refractivity contribution in [3.63, 3.8) is 0 Å². The van der Waals surface area contributed by atoms with E-state index in [0.29, 0.717) is 0 Å². The molecule has 0 aromatic carbocycles. The zero-order valence-electron chi connectivity index (χ0n) is 5.27. The molecule has 0 aromatic heterocycles. The molecule has 1 unspecified atom stereocenters. The Labute approximate surface area is 74.6 Å². The van der Waals surface area contributed by atoms with E-state index < -0.39 is 9.90 Å². The van der Waals surface area contributed by atoms with Crippen molar-refractivity contribution in [1.82, 2.24) is 0 Å². The van der Waals surface area contributed by atoms with Gasteiger partial charge in [0.25, 0.3) is 0 Å². The first-order valence-electron chi connectivity index (χ1n) is 2.48. The number of methoxy groups -OCH3 is 1. The minimum Gasteiger partial charge on any atom is -0.376 e. The Bertz CT molecular complexity index is 137. The lowest BCUT2D eigenvalue weighted by molar-refractivity contribution is 0.110. The van der Waals surface area contributed by atoms with Crippen molar-refractivity contribution in [2.45, 2.75) is 16.3 Å². The van der Waals surface area contributed by atoms with E-state index in [1.807, 2.05) is 6.07 Å². The molecule has 0 bridgehead atoms. The molecule has 58 valence electrons. The Morgan fingerprint density at radius 3 is 2.20 bits per heavy atom. The SMILES string of the molecule is COC(CC#N)C(Cl)(Cl)Cl. The van der Waals surface area contributed by atoms with Gasteiger partial charge >= 0.3 is 0 Å². The van der Waals surface area contributed by atoms with E-state index in [4.69, 9.17) is 44.8 Å². The summed E-state index contributed by atoms with van der Waals surface area (Å²) in [6.07, 6.45) is -0.574. The van der Waals surface area contributed by atoms with Gasteiger partial charge in [-0.3, -0.25) is 0 Å². The zero-order chi connectivity index (χ0) is 8.20. The lowest BCUT2D eigenvalue weighted by Crippen LogP contribution is -2.26. The highest BCUT2D eigenvalue weighted by atomic mass is 35.6. The highest BCUT2D eigenvalue weighted by molar-refractivity contribution is 6.68. The van der Waals surface area contributed by atoms with Crippen molar-refractivity contribution in [3.05, 3.63) is 0 Å². The smallest absolute Gasteiger partial charge is 0.217 e. The molecule has 0 radical (unpaired) electrons. The number of hydrogen-bond acceptors (Lipinski definition) is 2. The molecule has 10 heavy (non-hydrogen) atoms. The predicted molar refractivity (Wildman–Crippen MR) is 41.3 cm³/mol. The number of halogens is 3. The third-order valence-corrected chi connectivity index (χ3v) is 1.66. The summed E-state index contributed by atoms with van der Waals surface area (Å²) in [5.41, 5.74) is 0. The molecule has 0 rings (SSSR count). The van der Waals surface area contributed by atoms with Crippen molar-refractivity contribution in [2.75, 3.05) is 7.11 Å². The summed E-state index contributed by atoms with van der Waals surface area (Å²) >= 11 is 16.3. The second-order valence-electron chi connectivity index (χ2n) is 1.63. The average molecular weight is 202 g/mol. The number of nitriles is 1. The molecule has 0 amide bonds. The summed E-state index contributed by atoms with van der Waals surface area (Å²) < 4.78 is 3.23. The van der Waals surface area contributed by atoms with Gasteiger partial charge in [-0.25, -0.2) is 0 Å². The molecule has 1 atom stereocenters. The van der Waals surface area contributed by atoms with E-state index >= 15 is 0 Å². The number of ether oxygens (including phenoxy) is 1. The molecule has 0 saturated carbocycles. The number of alkyl halides is 3. The summed E-state index contributed by atoms with van der Waals surface area (Å²) in [4.78, 5) is 0. The maximum absolute atomic E-state index is 8.23. The van der Waals surface area contributed by atoms with E-state index in [9.17, 15) is 0 Å². The van der Waals surface area contributed by atoms with Gasteiger partial charge in [-0.1, -0.05) is 34.8 Å². The topological polar surface area (TPSA) is 33.0 Å². The fourth-order valence-corrected chi connectivity index (χ4v) is 0.914. The van der Waals surface area contributed by atoms with E-state index in [-0.39, 0.29) is 6.42 Å². The van der Waals surface area contributed by atoms with Crippen LogP contribution < -0.4 is 0 Å². The molecule has 0 saturated heterocycles. The van der Waals surface area contributed by atoms with Crippen LogP contribution in [0.15, 0.2) is 0 Å². The van der Waals surface area contributed by atoms with Crippen molar-refractivity contribution in [1.29, 1.82) is 5.26 Å². The molecule has 5 heteroatoms. The van der Waals surface area contributed by atoms with E-state index in [2.05, 4.69) is 0 Å². The fraction of sp³-hybridized carbons (Fsp3) is 0.800. The Kier molecular flexibility index (Phi) is 4.39. The maximum Gasteiger partial charge on any atom is 0.217 e. The molecule has 2 nitrogen and oxygen atoms in total. The van der Waals surface area contributed by atoms with Crippen LogP contribution in [-0.2, 0) is 4.74 Å². The highest BCUT2D eigenvalue weighted by Crippen LogP contribution is 2.33. The molecule has 0 fully saturated rings. The van der Waals surface area contributed by atoms with Crippen molar-refractivity contribution in [3.8, 4) is 6.07 Å². The Hall–Kier alpha value is 0.320. The third kappa shape index (κ3) is 3.48. The molecule has 0 spiro atoms. The van der Waals surface area contributed by atoms with Gasteiger partial charge in [-0.15, -0.1) is 0 Å². The van der Waals surface area contributed by atoms with Crippen LogP contribution in [0.25, 0.3) is 0 Å². The number of hydrogen-bond donors (Lipinski definition) is 0. The first-order valence-corrected chi connectivity index (χ1v) is 3.62. The molecule has 0 aliphatic carbocycles. The molecule has 0 aliphatic rings. The van der Waals surface area contributed by atoms with Crippen LogP contribution in [0.4, 0.5) is 0 Å². The van der Waals surface area contributed by atoms with Crippen LogP contribution >= 0.6 is 34.8 Å². The largest absolute Gasteiger partial charge is 0.376 e. The normalized spacial score (nSPS) is 14.3. The minimum atomic E-state index is -1.51. The van der Waals surface area contributed by atoms with Crippen molar-refractivity contribution in [2.24, 2.45) is 0 Å². The summed E-state index contributed by atoms with van der Waals surface area (Å²) in [5.74, 6) is 0. The number of nitrogens with zero attached hydrogens (tertiary/aromatic N) is 1. The first-order chi connectivity index (χ1) is 4.52. The second-order valence-corrected chi connectivity index (χ2v) is 4.00. The van der Waals surface area contributed by atoms with Crippen LogP contribution in [-0.4, -0.2) is 17.0 Å². The van der Waals surface area contributed by atoms with Gasteiger partial charge in [0.15, 0.2) is 0 Å². The molecule has 0 aromatic rings.